The van der Waals surface area contributed by atoms with Crippen LogP contribution >= 0.6 is 23.2 Å². The van der Waals surface area contributed by atoms with E-state index in [1.807, 2.05) is 0 Å². The number of hydrogen-bond donors (Lipinski definition) is 0. The molecule has 0 aliphatic rings. The number of imidazole rings is 1. The number of rotatable bonds is 2. The molecule has 0 bridgehead atoms. The molecule has 2 nitrogen and oxygen atoms in total. The molecule has 108 valence electrons. The van der Waals surface area contributed by atoms with E-state index in [0.29, 0.717) is 27.6 Å². The van der Waals surface area contributed by atoms with Crippen LogP contribution in [0.5, 0.6) is 0 Å². The zero-order chi connectivity index (χ0) is 15.1. The van der Waals surface area contributed by atoms with Crippen molar-refractivity contribution in [3.8, 4) is 5.69 Å². The van der Waals surface area contributed by atoms with E-state index in [-0.39, 0.29) is 0 Å². The minimum atomic E-state index is -0.926. The number of halogens is 4. The van der Waals surface area contributed by atoms with Crippen molar-refractivity contribution in [3.05, 3.63) is 58.9 Å². The molecule has 1 atom stereocenters. The Bertz CT molecular complexity index is 828. The molecule has 21 heavy (non-hydrogen) atoms. The first-order valence-electron chi connectivity index (χ1n) is 6.25. The minimum Gasteiger partial charge on any atom is -0.295 e. The summed E-state index contributed by atoms with van der Waals surface area (Å²) in [5.41, 5.74) is 1.82. The highest BCUT2D eigenvalue weighted by atomic mass is 35.5. The Kier molecular flexibility index (Phi) is 3.59. The summed E-state index contributed by atoms with van der Waals surface area (Å²) in [6.45, 7) is 1.76. The van der Waals surface area contributed by atoms with E-state index < -0.39 is 17.0 Å². The molecule has 0 aliphatic carbocycles. The van der Waals surface area contributed by atoms with Crippen molar-refractivity contribution in [2.45, 2.75) is 12.3 Å². The number of alkyl halides is 1. The van der Waals surface area contributed by atoms with Crippen LogP contribution in [0, 0.1) is 11.6 Å². The second-order valence-corrected chi connectivity index (χ2v) is 5.74. The van der Waals surface area contributed by atoms with Crippen molar-refractivity contribution in [3.63, 3.8) is 0 Å². The van der Waals surface area contributed by atoms with Crippen LogP contribution in [-0.2, 0) is 0 Å². The van der Waals surface area contributed by atoms with Gasteiger partial charge in [0.15, 0.2) is 11.6 Å². The normalized spacial score (nSPS) is 12.8. The molecule has 1 heterocycles. The average Bonchev–Trinajstić information content (AvgIpc) is 2.80. The zero-order valence-electron chi connectivity index (χ0n) is 10.9. The third-order valence-electron chi connectivity index (χ3n) is 3.16. The number of aromatic nitrogens is 2. The van der Waals surface area contributed by atoms with Crippen molar-refractivity contribution in [1.29, 1.82) is 0 Å². The van der Waals surface area contributed by atoms with E-state index in [1.54, 1.807) is 29.7 Å². The highest BCUT2D eigenvalue weighted by Gasteiger charge is 2.17. The monoisotopic (exact) mass is 326 g/mol. The van der Waals surface area contributed by atoms with Crippen LogP contribution in [0.1, 0.15) is 18.1 Å². The Balaban J connectivity index is 2.35. The summed E-state index contributed by atoms with van der Waals surface area (Å²) >= 11 is 12.2. The molecular formula is C15H10Cl2F2N2. The van der Waals surface area contributed by atoms with Crippen LogP contribution in [0.2, 0.25) is 5.02 Å². The number of benzene rings is 2. The Labute approximate surface area is 129 Å². The summed E-state index contributed by atoms with van der Waals surface area (Å²) in [6, 6.07) is 8.85. The molecular weight excluding hydrogens is 317 g/mol. The van der Waals surface area contributed by atoms with Gasteiger partial charge in [0.2, 0.25) is 0 Å². The second kappa shape index (κ2) is 5.28. The highest BCUT2D eigenvalue weighted by Crippen LogP contribution is 2.30. The van der Waals surface area contributed by atoms with Gasteiger partial charge >= 0.3 is 0 Å². The quantitative estimate of drug-likeness (QED) is 0.587. The zero-order valence-corrected chi connectivity index (χ0v) is 12.5. The lowest BCUT2D eigenvalue weighted by molar-refractivity contribution is 0.508. The van der Waals surface area contributed by atoms with Crippen molar-refractivity contribution < 1.29 is 8.78 Å². The molecule has 0 saturated carbocycles. The van der Waals surface area contributed by atoms with Crippen LogP contribution in [0.3, 0.4) is 0 Å². The lowest BCUT2D eigenvalue weighted by Crippen LogP contribution is -2.03. The third kappa shape index (κ3) is 2.49. The van der Waals surface area contributed by atoms with Crippen LogP contribution in [-0.4, -0.2) is 9.55 Å². The molecule has 0 radical (unpaired) electrons. The number of fused-ring (bicyclic) bond motifs is 1. The lowest BCUT2D eigenvalue weighted by Gasteiger charge is -2.11. The fourth-order valence-electron chi connectivity index (χ4n) is 2.23. The SMILES string of the molecule is CC(Cl)c1nc2ccc(Cl)cc2n1-c1ccc(F)c(F)c1. The van der Waals surface area contributed by atoms with Gasteiger partial charge in [-0.3, -0.25) is 4.57 Å². The van der Waals surface area contributed by atoms with E-state index in [9.17, 15) is 8.78 Å². The van der Waals surface area contributed by atoms with Crippen LogP contribution in [0.25, 0.3) is 16.7 Å². The lowest BCUT2D eigenvalue weighted by atomic mass is 10.2. The summed E-state index contributed by atoms with van der Waals surface area (Å²) < 4.78 is 28.3. The summed E-state index contributed by atoms with van der Waals surface area (Å²) in [6.07, 6.45) is 0. The standard InChI is InChI=1S/C15H10Cl2F2N2/c1-8(16)15-20-13-5-2-9(17)6-14(13)21(15)10-3-4-11(18)12(19)7-10/h2-8H,1H3. The van der Waals surface area contributed by atoms with Gasteiger partial charge in [-0.15, -0.1) is 11.6 Å². The van der Waals surface area contributed by atoms with E-state index in [1.165, 1.54) is 6.07 Å². The molecule has 0 aliphatic heterocycles. The molecule has 0 spiro atoms. The van der Waals surface area contributed by atoms with Crippen molar-refractivity contribution in [2.75, 3.05) is 0 Å². The van der Waals surface area contributed by atoms with Crippen molar-refractivity contribution in [2.24, 2.45) is 0 Å². The summed E-state index contributed by atoms with van der Waals surface area (Å²) in [7, 11) is 0. The maximum Gasteiger partial charge on any atom is 0.160 e. The van der Waals surface area contributed by atoms with E-state index in [2.05, 4.69) is 4.98 Å². The molecule has 0 fully saturated rings. The average molecular weight is 327 g/mol. The van der Waals surface area contributed by atoms with Crippen molar-refractivity contribution in [1.82, 2.24) is 9.55 Å². The van der Waals surface area contributed by atoms with E-state index in [4.69, 9.17) is 23.2 Å². The molecule has 1 unspecified atom stereocenters. The Hall–Kier alpha value is -1.65. The van der Waals surface area contributed by atoms with Gasteiger partial charge in [0, 0.05) is 11.1 Å². The Morgan fingerprint density at radius 3 is 2.52 bits per heavy atom. The first-order valence-corrected chi connectivity index (χ1v) is 7.06. The summed E-state index contributed by atoms with van der Waals surface area (Å²) in [5.74, 6) is -1.29. The predicted octanol–water partition coefficient (Wildman–Crippen LogP) is 5.26. The largest absolute Gasteiger partial charge is 0.295 e. The van der Waals surface area contributed by atoms with Gasteiger partial charge in [0.1, 0.15) is 5.82 Å². The molecule has 1 aromatic heterocycles. The van der Waals surface area contributed by atoms with Gasteiger partial charge in [-0.1, -0.05) is 11.6 Å². The van der Waals surface area contributed by atoms with Gasteiger partial charge < -0.3 is 0 Å². The van der Waals surface area contributed by atoms with E-state index >= 15 is 0 Å². The molecule has 3 aromatic rings. The van der Waals surface area contributed by atoms with Crippen LogP contribution in [0.15, 0.2) is 36.4 Å². The predicted molar refractivity (Wildman–Crippen MR) is 80.3 cm³/mol. The molecule has 6 heteroatoms. The molecule has 3 rings (SSSR count). The molecule has 0 N–H and O–H groups in total. The first kappa shape index (κ1) is 14.3. The molecule has 0 saturated heterocycles. The molecule has 2 aromatic carbocycles. The summed E-state index contributed by atoms with van der Waals surface area (Å²) in [5, 5.41) is 0.129. The number of nitrogens with zero attached hydrogens (tertiary/aromatic N) is 2. The van der Waals surface area contributed by atoms with Gasteiger partial charge in [-0.25, -0.2) is 13.8 Å². The summed E-state index contributed by atoms with van der Waals surface area (Å²) in [4.78, 5) is 4.44. The van der Waals surface area contributed by atoms with Gasteiger partial charge in [-0.2, -0.15) is 0 Å². The Morgan fingerprint density at radius 1 is 1.10 bits per heavy atom. The fourth-order valence-corrected chi connectivity index (χ4v) is 2.54. The molecule has 0 amide bonds. The van der Waals surface area contributed by atoms with E-state index in [0.717, 1.165) is 12.1 Å². The smallest absolute Gasteiger partial charge is 0.160 e. The fraction of sp³-hybridized carbons (Fsp3) is 0.133. The van der Waals surface area contributed by atoms with Crippen LogP contribution < -0.4 is 0 Å². The third-order valence-corrected chi connectivity index (χ3v) is 3.59. The maximum atomic E-state index is 13.5. The maximum absolute atomic E-state index is 13.5. The van der Waals surface area contributed by atoms with Crippen LogP contribution in [0.4, 0.5) is 8.78 Å². The highest BCUT2D eigenvalue weighted by molar-refractivity contribution is 6.31. The van der Waals surface area contributed by atoms with Gasteiger partial charge in [-0.05, 0) is 37.3 Å². The first-order chi connectivity index (χ1) is 9.97. The topological polar surface area (TPSA) is 17.8 Å². The van der Waals surface area contributed by atoms with Gasteiger partial charge in [0.05, 0.1) is 22.1 Å². The second-order valence-electron chi connectivity index (χ2n) is 4.65. The number of hydrogen-bond acceptors (Lipinski definition) is 1. The van der Waals surface area contributed by atoms with Crippen molar-refractivity contribution >= 4 is 34.2 Å². The minimum absolute atomic E-state index is 0.399. The van der Waals surface area contributed by atoms with Gasteiger partial charge in [0.25, 0.3) is 0 Å². The Morgan fingerprint density at radius 2 is 1.86 bits per heavy atom.